The van der Waals surface area contributed by atoms with Crippen molar-refractivity contribution in [2.24, 2.45) is 0 Å². The van der Waals surface area contributed by atoms with Crippen LogP contribution in [0.3, 0.4) is 0 Å². The van der Waals surface area contributed by atoms with Gasteiger partial charge in [-0.15, -0.1) is 0 Å². The zero-order chi connectivity index (χ0) is 22.0. The van der Waals surface area contributed by atoms with Crippen LogP contribution in [0.2, 0.25) is 0 Å². The largest absolute Gasteiger partial charge is 0.455 e. The Balaban J connectivity index is 2.01. The predicted octanol–water partition coefficient (Wildman–Crippen LogP) is 5.51. The lowest BCUT2D eigenvalue weighted by atomic mass is 9.97. The minimum atomic E-state index is -0.367. The van der Waals surface area contributed by atoms with Crippen molar-refractivity contribution in [2.75, 3.05) is 18.9 Å². The average Bonchev–Trinajstić information content (AvgIpc) is 3.17. The number of nitrogens with one attached hydrogen (secondary N) is 2. The summed E-state index contributed by atoms with van der Waals surface area (Å²) in [6, 6.07) is 16.8. The van der Waals surface area contributed by atoms with Crippen molar-refractivity contribution in [3.05, 3.63) is 77.6 Å². The minimum absolute atomic E-state index is 0.304. The van der Waals surface area contributed by atoms with Crippen LogP contribution in [-0.2, 0) is 0 Å². The molecule has 0 saturated carbocycles. The van der Waals surface area contributed by atoms with Gasteiger partial charge in [-0.2, -0.15) is 0 Å². The standard InChI is InChI=1S/C25H21FN2O3/c1-3-28-21-13-22-20(12-19(21)17-6-4-5-15(11-17)14-29)23(25(30)27-2)24(31-22)16-7-9-18(26)10-8-16/h4-14,28H,3H2,1-2H3,(H,27,30). The fourth-order valence-electron chi connectivity index (χ4n) is 3.65. The summed E-state index contributed by atoms with van der Waals surface area (Å²) in [5.41, 5.74) is 4.57. The number of carbonyl (C=O) groups is 2. The van der Waals surface area contributed by atoms with E-state index in [0.717, 1.165) is 23.1 Å². The monoisotopic (exact) mass is 416 g/mol. The van der Waals surface area contributed by atoms with E-state index in [1.165, 1.54) is 12.1 Å². The number of halogens is 1. The molecule has 4 rings (SSSR count). The SMILES string of the molecule is CCNc1cc2oc(-c3ccc(F)cc3)c(C(=O)NC)c2cc1-c1cccc(C=O)c1. The van der Waals surface area contributed by atoms with Gasteiger partial charge in [-0.05, 0) is 48.9 Å². The topological polar surface area (TPSA) is 71.3 Å². The van der Waals surface area contributed by atoms with Gasteiger partial charge >= 0.3 is 0 Å². The third-order valence-electron chi connectivity index (χ3n) is 5.09. The Bertz CT molecular complexity index is 1280. The first-order chi connectivity index (χ1) is 15.0. The maximum absolute atomic E-state index is 13.4. The summed E-state index contributed by atoms with van der Waals surface area (Å²) in [5, 5.41) is 6.62. The summed E-state index contributed by atoms with van der Waals surface area (Å²) < 4.78 is 19.5. The smallest absolute Gasteiger partial charge is 0.255 e. The lowest BCUT2D eigenvalue weighted by Crippen LogP contribution is -2.18. The third-order valence-corrected chi connectivity index (χ3v) is 5.09. The maximum Gasteiger partial charge on any atom is 0.255 e. The van der Waals surface area contributed by atoms with Crippen LogP contribution in [0, 0.1) is 5.82 Å². The molecule has 156 valence electrons. The van der Waals surface area contributed by atoms with Crippen LogP contribution in [0.1, 0.15) is 27.6 Å². The van der Waals surface area contributed by atoms with Crippen molar-refractivity contribution in [2.45, 2.75) is 6.92 Å². The molecule has 1 amide bonds. The molecule has 0 bridgehead atoms. The number of amides is 1. The van der Waals surface area contributed by atoms with E-state index in [1.807, 2.05) is 31.2 Å². The van der Waals surface area contributed by atoms with Crippen LogP contribution in [0.5, 0.6) is 0 Å². The second-order valence-electron chi connectivity index (χ2n) is 7.06. The highest BCUT2D eigenvalue weighted by molar-refractivity contribution is 6.12. The van der Waals surface area contributed by atoms with Crippen molar-refractivity contribution in [3.63, 3.8) is 0 Å². The van der Waals surface area contributed by atoms with Gasteiger partial charge in [-0.1, -0.05) is 18.2 Å². The average molecular weight is 416 g/mol. The number of aldehydes is 1. The first kappa shape index (κ1) is 20.3. The van der Waals surface area contributed by atoms with Gasteiger partial charge in [0, 0.05) is 47.4 Å². The van der Waals surface area contributed by atoms with Crippen LogP contribution in [0.4, 0.5) is 10.1 Å². The molecule has 0 saturated heterocycles. The number of carbonyl (C=O) groups excluding carboxylic acids is 2. The molecule has 0 atom stereocenters. The molecule has 2 N–H and O–H groups in total. The van der Waals surface area contributed by atoms with Crippen molar-refractivity contribution < 1.29 is 18.4 Å². The van der Waals surface area contributed by atoms with Gasteiger partial charge in [0.05, 0.1) is 5.56 Å². The zero-order valence-electron chi connectivity index (χ0n) is 17.2. The summed E-state index contributed by atoms with van der Waals surface area (Å²) in [5.74, 6) is -0.300. The highest BCUT2D eigenvalue weighted by Crippen LogP contribution is 2.39. The Morgan fingerprint density at radius 2 is 1.84 bits per heavy atom. The molecule has 0 aliphatic heterocycles. The second-order valence-corrected chi connectivity index (χ2v) is 7.06. The number of anilines is 1. The van der Waals surface area contributed by atoms with E-state index in [-0.39, 0.29) is 11.7 Å². The van der Waals surface area contributed by atoms with E-state index in [9.17, 15) is 14.0 Å². The summed E-state index contributed by atoms with van der Waals surface area (Å²) in [4.78, 5) is 24.1. The van der Waals surface area contributed by atoms with Gasteiger partial charge in [0.15, 0.2) is 0 Å². The molecule has 6 heteroatoms. The first-order valence-corrected chi connectivity index (χ1v) is 9.93. The number of fused-ring (bicyclic) bond motifs is 1. The lowest BCUT2D eigenvalue weighted by molar-refractivity contribution is 0.0964. The van der Waals surface area contributed by atoms with Gasteiger partial charge in [0.25, 0.3) is 5.91 Å². The van der Waals surface area contributed by atoms with E-state index < -0.39 is 0 Å². The van der Waals surface area contributed by atoms with Crippen LogP contribution >= 0.6 is 0 Å². The zero-order valence-corrected chi connectivity index (χ0v) is 17.2. The molecule has 5 nitrogen and oxygen atoms in total. The Morgan fingerprint density at radius 1 is 1.06 bits per heavy atom. The molecular formula is C25H21FN2O3. The highest BCUT2D eigenvalue weighted by atomic mass is 19.1. The number of hydrogen-bond donors (Lipinski definition) is 2. The molecule has 1 heterocycles. The summed E-state index contributed by atoms with van der Waals surface area (Å²) in [7, 11) is 1.55. The van der Waals surface area contributed by atoms with E-state index in [0.29, 0.717) is 40.0 Å². The van der Waals surface area contributed by atoms with Crippen LogP contribution in [0.15, 0.2) is 65.1 Å². The fourth-order valence-corrected chi connectivity index (χ4v) is 3.65. The fraction of sp³-hybridized carbons (Fsp3) is 0.120. The lowest BCUT2D eigenvalue weighted by Gasteiger charge is -2.12. The van der Waals surface area contributed by atoms with Crippen molar-refractivity contribution in [1.29, 1.82) is 0 Å². The molecule has 0 radical (unpaired) electrons. The molecule has 1 aromatic heterocycles. The molecule has 3 aromatic carbocycles. The normalized spacial score (nSPS) is 10.8. The number of rotatable bonds is 6. The Morgan fingerprint density at radius 3 is 2.52 bits per heavy atom. The summed E-state index contributed by atoms with van der Waals surface area (Å²) in [6.45, 7) is 2.66. The third kappa shape index (κ3) is 3.80. The molecule has 0 fully saturated rings. The molecule has 31 heavy (non-hydrogen) atoms. The number of benzene rings is 3. The van der Waals surface area contributed by atoms with Gasteiger partial charge < -0.3 is 15.1 Å². The minimum Gasteiger partial charge on any atom is -0.455 e. The van der Waals surface area contributed by atoms with E-state index in [4.69, 9.17) is 4.42 Å². The van der Waals surface area contributed by atoms with Gasteiger partial charge in [-0.25, -0.2) is 4.39 Å². The van der Waals surface area contributed by atoms with Gasteiger partial charge in [-0.3, -0.25) is 9.59 Å². The predicted molar refractivity (Wildman–Crippen MR) is 120 cm³/mol. The molecule has 0 unspecified atom stereocenters. The van der Waals surface area contributed by atoms with Crippen molar-refractivity contribution in [1.82, 2.24) is 5.32 Å². The number of furan rings is 1. The van der Waals surface area contributed by atoms with Crippen LogP contribution in [0.25, 0.3) is 33.4 Å². The second kappa shape index (κ2) is 8.44. The van der Waals surface area contributed by atoms with Crippen molar-refractivity contribution >= 4 is 28.8 Å². The molecule has 4 aromatic rings. The summed E-state index contributed by atoms with van der Waals surface area (Å²) >= 11 is 0. The van der Waals surface area contributed by atoms with Crippen molar-refractivity contribution in [3.8, 4) is 22.5 Å². The number of hydrogen-bond acceptors (Lipinski definition) is 4. The van der Waals surface area contributed by atoms with E-state index >= 15 is 0 Å². The highest BCUT2D eigenvalue weighted by Gasteiger charge is 2.23. The van der Waals surface area contributed by atoms with Gasteiger partial charge in [0.2, 0.25) is 0 Å². The molecule has 0 spiro atoms. The van der Waals surface area contributed by atoms with E-state index in [1.54, 1.807) is 31.3 Å². The van der Waals surface area contributed by atoms with E-state index in [2.05, 4.69) is 10.6 Å². The van der Waals surface area contributed by atoms with Gasteiger partial charge in [0.1, 0.15) is 23.4 Å². The molecular weight excluding hydrogens is 395 g/mol. The van der Waals surface area contributed by atoms with Crippen LogP contribution < -0.4 is 10.6 Å². The molecule has 0 aliphatic carbocycles. The maximum atomic E-state index is 13.4. The summed E-state index contributed by atoms with van der Waals surface area (Å²) in [6.07, 6.45) is 0.801. The molecule has 0 aliphatic rings. The van der Waals surface area contributed by atoms with Crippen LogP contribution in [-0.4, -0.2) is 25.8 Å². The Labute approximate surface area is 178 Å². The Kier molecular flexibility index (Phi) is 5.54. The quantitative estimate of drug-likeness (QED) is 0.407. The first-order valence-electron chi connectivity index (χ1n) is 9.93. The Hall–Kier alpha value is -3.93.